The summed E-state index contributed by atoms with van der Waals surface area (Å²) in [4.78, 5) is 37.9. The van der Waals surface area contributed by atoms with Crippen LogP contribution in [-0.4, -0.2) is 15.3 Å². The second-order valence-corrected chi connectivity index (χ2v) is 5.46. The van der Waals surface area contributed by atoms with E-state index in [2.05, 4.69) is 4.98 Å². The van der Waals surface area contributed by atoms with Gasteiger partial charge in [-0.25, -0.2) is 4.79 Å². The number of nitrogens with zero attached hydrogens (tertiary/aromatic N) is 1. The van der Waals surface area contributed by atoms with Gasteiger partial charge in [0.05, 0.1) is 16.4 Å². The molecule has 2 rings (SSSR count). The van der Waals surface area contributed by atoms with Gasteiger partial charge in [0.25, 0.3) is 5.56 Å². The quantitative estimate of drug-likeness (QED) is 0.868. The predicted molar refractivity (Wildman–Crippen MR) is 69.8 cm³/mol. The van der Waals surface area contributed by atoms with Crippen LogP contribution in [0, 0.1) is 0 Å². The summed E-state index contributed by atoms with van der Waals surface area (Å²) in [6.07, 6.45) is 1.14. The van der Waals surface area contributed by atoms with Crippen molar-refractivity contribution in [3.8, 4) is 0 Å². The molecule has 0 aliphatic carbocycles. The maximum Gasteiger partial charge on any atom is 0.328 e. The highest BCUT2D eigenvalue weighted by atomic mass is 35.5. The number of ketones is 1. The van der Waals surface area contributed by atoms with Crippen molar-refractivity contribution in [2.24, 2.45) is 0 Å². The van der Waals surface area contributed by atoms with Crippen molar-refractivity contribution in [3.05, 3.63) is 53.9 Å². The summed E-state index contributed by atoms with van der Waals surface area (Å²) in [6.45, 7) is 1.38. The zero-order valence-corrected chi connectivity index (χ0v) is 11.0. The van der Waals surface area contributed by atoms with Gasteiger partial charge in [-0.05, 0) is 19.1 Å². The molecule has 94 valence electrons. The molecule has 0 amide bonds. The summed E-state index contributed by atoms with van der Waals surface area (Å²) in [5, 5.41) is 0. The number of aromatic nitrogens is 2. The number of halogens is 1. The minimum Gasteiger partial charge on any atom is -0.313 e. The van der Waals surface area contributed by atoms with Gasteiger partial charge in [0, 0.05) is 11.1 Å². The van der Waals surface area contributed by atoms with Gasteiger partial charge in [-0.3, -0.25) is 14.2 Å². The van der Waals surface area contributed by atoms with E-state index in [-0.39, 0.29) is 17.9 Å². The summed E-state index contributed by atoms with van der Waals surface area (Å²) >= 11 is 7.06. The molecule has 0 saturated carbocycles. The Hall–Kier alpha value is -1.66. The number of hydrogen-bond acceptors (Lipinski definition) is 4. The van der Waals surface area contributed by atoms with E-state index in [0.717, 1.165) is 15.6 Å². The lowest BCUT2D eigenvalue weighted by Gasteiger charge is -2.03. The predicted octanol–water partition coefficient (Wildman–Crippen LogP) is 1.50. The van der Waals surface area contributed by atoms with Crippen LogP contribution in [0.1, 0.15) is 22.2 Å². The van der Waals surface area contributed by atoms with Crippen molar-refractivity contribution in [3.63, 3.8) is 0 Å². The molecule has 2 heterocycles. The van der Waals surface area contributed by atoms with E-state index >= 15 is 0 Å². The topological polar surface area (TPSA) is 71.9 Å². The zero-order chi connectivity index (χ0) is 13.3. The van der Waals surface area contributed by atoms with E-state index < -0.39 is 11.2 Å². The molecule has 0 unspecified atom stereocenters. The number of carbonyl (C=O) groups excluding carboxylic acids is 1. The number of Topliss-reactive ketones (excluding diaryl/α,β-unsaturated/α-hetero) is 1. The Morgan fingerprint density at radius 3 is 2.72 bits per heavy atom. The zero-order valence-electron chi connectivity index (χ0n) is 9.40. The Balaban J connectivity index is 2.50. The summed E-state index contributed by atoms with van der Waals surface area (Å²) < 4.78 is 1.57. The van der Waals surface area contributed by atoms with Crippen molar-refractivity contribution in [1.82, 2.24) is 9.55 Å². The number of carbonyl (C=O) groups is 1. The highest BCUT2D eigenvalue weighted by Crippen LogP contribution is 2.21. The highest BCUT2D eigenvalue weighted by molar-refractivity contribution is 7.16. The Labute approximate surface area is 111 Å². The van der Waals surface area contributed by atoms with E-state index in [1.807, 2.05) is 0 Å². The molecule has 2 aromatic heterocycles. The Morgan fingerprint density at radius 2 is 2.17 bits per heavy atom. The van der Waals surface area contributed by atoms with Gasteiger partial charge in [-0.2, -0.15) is 0 Å². The fraction of sp³-hybridized carbons (Fsp3) is 0.182. The molecular formula is C11H9ClN2O3S. The molecular weight excluding hydrogens is 276 g/mol. The van der Waals surface area contributed by atoms with Gasteiger partial charge >= 0.3 is 5.69 Å². The maximum atomic E-state index is 11.9. The normalized spacial score (nSPS) is 10.6. The van der Waals surface area contributed by atoms with Gasteiger partial charge in [0.2, 0.25) is 0 Å². The monoisotopic (exact) mass is 284 g/mol. The van der Waals surface area contributed by atoms with Crippen LogP contribution in [0.3, 0.4) is 0 Å². The number of H-pyrrole nitrogens is 1. The Morgan fingerprint density at radius 1 is 1.44 bits per heavy atom. The number of hydrogen-bond donors (Lipinski definition) is 1. The minimum atomic E-state index is -0.587. The smallest absolute Gasteiger partial charge is 0.313 e. The molecule has 0 aromatic carbocycles. The molecule has 0 saturated heterocycles. The van der Waals surface area contributed by atoms with E-state index in [9.17, 15) is 14.4 Å². The first-order valence-corrected chi connectivity index (χ1v) is 6.26. The number of rotatable bonds is 3. The lowest BCUT2D eigenvalue weighted by Crippen LogP contribution is -2.37. The molecule has 0 aliphatic rings. The molecule has 18 heavy (non-hydrogen) atoms. The van der Waals surface area contributed by atoms with Gasteiger partial charge in [-0.1, -0.05) is 11.6 Å². The van der Waals surface area contributed by atoms with Gasteiger partial charge < -0.3 is 4.98 Å². The average molecular weight is 285 g/mol. The van der Waals surface area contributed by atoms with Gasteiger partial charge in [0.1, 0.15) is 0 Å². The van der Waals surface area contributed by atoms with Crippen LogP contribution in [0.2, 0.25) is 4.34 Å². The molecule has 0 bridgehead atoms. The van der Waals surface area contributed by atoms with Crippen molar-refractivity contribution in [2.45, 2.75) is 13.5 Å². The Bertz CT molecular complexity index is 714. The second kappa shape index (κ2) is 4.91. The van der Waals surface area contributed by atoms with E-state index in [1.165, 1.54) is 18.3 Å². The van der Waals surface area contributed by atoms with Crippen molar-refractivity contribution in [1.29, 1.82) is 0 Å². The summed E-state index contributed by atoms with van der Waals surface area (Å²) in [5.41, 5.74) is -1.16. The molecule has 0 atom stereocenters. The number of nitrogens with one attached hydrogen (secondary N) is 1. The average Bonchev–Trinajstić information content (AvgIpc) is 2.69. The maximum absolute atomic E-state index is 11.9. The van der Waals surface area contributed by atoms with Crippen LogP contribution in [0.25, 0.3) is 0 Å². The molecule has 7 heteroatoms. The van der Waals surface area contributed by atoms with Crippen LogP contribution in [0.4, 0.5) is 0 Å². The lowest BCUT2D eigenvalue weighted by molar-refractivity contribution is 0.101. The highest BCUT2D eigenvalue weighted by Gasteiger charge is 2.11. The van der Waals surface area contributed by atoms with Crippen molar-refractivity contribution >= 4 is 28.7 Å². The molecule has 1 N–H and O–H groups in total. The third kappa shape index (κ3) is 2.44. The molecule has 5 nitrogen and oxygen atoms in total. The fourth-order valence-corrected chi connectivity index (χ4v) is 2.58. The molecule has 0 spiro atoms. The van der Waals surface area contributed by atoms with Gasteiger partial charge in [-0.15, -0.1) is 11.3 Å². The standard InChI is InChI=1S/C11H9ClN2O3S/c1-6(15)8-4-13-11(17)14(10(8)16)5-7-2-3-9(12)18-7/h2-4H,5H2,1H3,(H,13,17). The molecule has 0 fully saturated rings. The molecule has 0 aliphatic heterocycles. The van der Waals surface area contributed by atoms with E-state index in [1.54, 1.807) is 12.1 Å². The number of aromatic amines is 1. The fourth-order valence-electron chi connectivity index (χ4n) is 1.50. The lowest BCUT2D eigenvalue weighted by atomic mass is 10.2. The van der Waals surface area contributed by atoms with Crippen LogP contribution in [0.5, 0.6) is 0 Å². The third-order valence-corrected chi connectivity index (χ3v) is 3.60. The number of thiophene rings is 1. The van der Waals surface area contributed by atoms with Crippen LogP contribution in [-0.2, 0) is 6.54 Å². The molecule has 0 radical (unpaired) electrons. The summed E-state index contributed by atoms with van der Waals surface area (Å²) in [5.74, 6) is -0.380. The summed E-state index contributed by atoms with van der Waals surface area (Å²) in [6, 6.07) is 3.43. The first-order valence-electron chi connectivity index (χ1n) is 5.06. The first kappa shape index (κ1) is 12.8. The van der Waals surface area contributed by atoms with Crippen molar-refractivity contribution < 1.29 is 4.79 Å². The largest absolute Gasteiger partial charge is 0.328 e. The first-order chi connectivity index (χ1) is 8.49. The minimum absolute atomic E-state index is 0.0303. The SMILES string of the molecule is CC(=O)c1c[nH]c(=O)n(Cc2ccc(Cl)s2)c1=O. The van der Waals surface area contributed by atoms with Crippen LogP contribution >= 0.6 is 22.9 Å². The van der Waals surface area contributed by atoms with Crippen molar-refractivity contribution in [2.75, 3.05) is 0 Å². The van der Waals surface area contributed by atoms with Crippen LogP contribution < -0.4 is 11.2 Å². The summed E-state index contributed by atoms with van der Waals surface area (Å²) in [7, 11) is 0. The van der Waals surface area contributed by atoms with Gasteiger partial charge in [0.15, 0.2) is 5.78 Å². The Kier molecular flexibility index (Phi) is 3.49. The van der Waals surface area contributed by atoms with E-state index in [4.69, 9.17) is 11.6 Å². The van der Waals surface area contributed by atoms with Crippen LogP contribution in [0.15, 0.2) is 27.9 Å². The third-order valence-electron chi connectivity index (χ3n) is 2.38. The van der Waals surface area contributed by atoms with E-state index in [0.29, 0.717) is 4.34 Å². The molecule has 2 aromatic rings. The second-order valence-electron chi connectivity index (χ2n) is 3.66.